The minimum absolute atomic E-state index is 0.0232. The lowest BCUT2D eigenvalue weighted by Gasteiger charge is -2.37. The highest BCUT2D eigenvalue weighted by Gasteiger charge is 2.30. The van der Waals surface area contributed by atoms with Gasteiger partial charge in [-0.1, -0.05) is 6.92 Å². The van der Waals surface area contributed by atoms with Gasteiger partial charge < -0.3 is 10.0 Å². The number of hydrogen-bond acceptors (Lipinski definition) is 5. The molecule has 2 heterocycles. The second kappa shape index (κ2) is 6.11. The Kier molecular flexibility index (Phi) is 4.86. The molecule has 0 saturated carbocycles. The first-order valence-electron chi connectivity index (χ1n) is 6.71. The van der Waals surface area contributed by atoms with E-state index in [1.807, 2.05) is 0 Å². The van der Waals surface area contributed by atoms with Crippen LogP contribution in [-0.2, 0) is 16.6 Å². The largest absolute Gasteiger partial charge is 0.391 e. The van der Waals surface area contributed by atoms with E-state index in [2.05, 4.69) is 23.6 Å². The Balaban J connectivity index is 1.98. The smallest absolute Gasteiger partial charge is 0.241 e. The summed E-state index contributed by atoms with van der Waals surface area (Å²) in [6, 6.07) is 1.53. The standard InChI is InChI=1S/C13H22N2O3S2/c1-13(3-5-15(2)6-4-13)10-14-20(17,18)12-7-11(8-16)19-9-12/h7,9,14,16H,3-6,8,10H2,1-2H3. The van der Waals surface area contributed by atoms with Gasteiger partial charge in [-0.2, -0.15) is 0 Å². The van der Waals surface area contributed by atoms with Gasteiger partial charge in [0.05, 0.1) is 11.5 Å². The number of piperidine rings is 1. The number of nitrogens with one attached hydrogen (secondary N) is 1. The Morgan fingerprint density at radius 1 is 1.45 bits per heavy atom. The monoisotopic (exact) mass is 318 g/mol. The lowest BCUT2D eigenvalue weighted by Crippen LogP contribution is -2.43. The lowest BCUT2D eigenvalue weighted by molar-refractivity contribution is 0.143. The first-order chi connectivity index (χ1) is 9.35. The van der Waals surface area contributed by atoms with E-state index in [4.69, 9.17) is 5.11 Å². The van der Waals surface area contributed by atoms with Crippen LogP contribution in [-0.4, -0.2) is 45.1 Å². The molecular formula is C13H22N2O3S2. The minimum atomic E-state index is -3.46. The van der Waals surface area contributed by atoms with Gasteiger partial charge in [0.15, 0.2) is 0 Å². The molecule has 2 N–H and O–H groups in total. The molecule has 0 unspecified atom stereocenters. The van der Waals surface area contributed by atoms with Crippen LogP contribution < -0.4 is 4.72 Å². The summed E-state index contributed by atoms with van der Waals surface area (Å²) in [6.45, 7) is 4.49. The van der Waals surface area contributed by atoms with E-state index in [9.17, 15) is 8.42 Å². The number of sulfonamides is 1. The molecule has 1 saturated heterocycles. The fourth-order valence-corrected chi connectivity index (χ4v) is 4.61. The van der Waals surface area contributed by atoms with Gasteiger partial charge >= 0.3 is 0 Å². The first kappa shape index (κ1) is 15.9. The van der Waals surface area contributed by atoms with Gasteiger partial charge in [-0.25, -0.2) is 13.1 Å². The van der Waals surface area contributed by atoms with Crippen molar-refractivity contribution in [1.29, 1.82) is 0 Å². The Morgan fingerprint density at radius 2 is 2.10 bits per heavy atom. The fraction of sp³-hybridized carbons (Fsp3) is 0.692. The van der Waals surface area contributed by atoms with E-state index in [0.29, 0.717) is 11.4 Å². The van der Waals surface area contributed by atoms with E-state index >= 15 is 0 Å². The summed E-state index contributed by atoms with van der Waals surface area (Å²) in [6.07, 6.45) is 2.00. The molecular weight excluding hydrogens is 296 g/mol. The van der Waals surface area contributed by atoms with E-state index in [1.165, 1.54) is 17.4 Å². The molecule has 0 spiro atoms. The van der Waals surface area contributed by atoms with Crippen molar-refractivity contribution >= 4 is 21.4 Å². The second-order valence-corrected chi connectivity index (χ2v) is 8.61. The summed E-state index contributed by atoms with van der Waals surface area (Å²) in [5, 5.41) is 10.6. The first-order valence-corrected chi connectivity index (χ1v) is 9.07. The van der Waals surface area contributed by atoms with Crippen LogP contribution in [0.1, 0.15) is 24.6 Å². The van der Waals surface area contributed by atoms with Crippen LogP contribution in [0.5, 0.6) is 0 Å². The Bertz CT molecular complexity index is 546. The zero-order chi connectivity index (χ0) is 14.8. The SMILES string of the molecule is CN1CCC(C)(CNS(=O)(=O)c2csc(CO)c2)CC1. The molecule has 1 aromatic heterocycles. The number of thiophene rings is 1. The molecule has 1 aromatic rings. The van der Waals surface area contributed by atoms with Crippen LogP contribution in [0, 0.1) is 5.41 Å². The van der Waals surface area contributed by atoms with Crippen molar-refractivity contribution in [3.8, 4) is 0 Å². The van der Waals surface area contributed by atoms with Crippen LogP contribution in [0.25, 0.3) is 0 Å². The van der Waals surface area contributed by atoms with Crippen LogP contribution in [0.2, 0.25) is 0 Å². The third-order valence-corrected chi connectivity index (χ3v) is 6.43. The van der Waals surface area contributed by atoms with Crippen molar-refractivity contribution < 1.29 is 13.5 Å². The molecule has 7 heteroatoms. The van der Waals surface area contributed by atoms with Crippen molar-refractivity contribution in [1.82, 2.24) is 9.62 Å². The van der Waals surface area contributed by atoms with Gasteiger partial charge in [-0.15, -0.1) is 11.3 Å². The maximum absolute atomic E-state index is 12.2. The van der Waals surface area contributed by atoms with Crippen LogP contribution in [0.15, 0.2) is 16.3 Å². The number of hydrogen-bond donors (Lipinski definition) is 2. The third kappa shape index (κ3) is 3.79. The van der Waals surface area contributed by atoms with E-state index in [1.54, 1.807) is 5.38 Å². The van der Waals surface area contributed by atoms with Crippen molar-refractivity contribution in [3.63, 3.8) is 0 Å². The summed E-state index contributed by atoms with van der Waals surface area (Å²) in [5.74, 6) is 0. The molecule has 2 rings (SSSR count). The summed E-state index contributed by atoms with van der Waals surface area (Å²) in [5.41, 5.74) is 0.0232. The Labute approximate surface area is 124 Å². The van der Waals surface area contributed by atoms with E-state index in [-0.39, 0.29) is 16.9 Å². The predicted molar refractivity (Wildman–Crippen MR) is 80.3 cm³/mol. The summed E-state index contributed by atoms with van der Waals surface area (Å²) in [7, 11) is -1.38. The molecule has 1 aliphatic heterocycles. The Hall–Kier alpha value is -0.470. The van der Waals surface area contributed by atoms with E-state index < -0.39 is 10.0 Å². The average molecular weight is 318 g/mol. The van der Waals surface area contributed by atoms with Gasteiger partial charge in [0.1, 0.15) is 0 Å². The van der Waals surface area contributed by atoms with Crippen molar-refractivity contribution in [2.24, 2.45) is 5.41 Å². The molecule has 0 aromatic carbocycles. The van der Waals surface area contributed by atoms with Crippen molar-refractivity contribution in [3.05, 3.63) is 16.3 Å². The number of likely N-dealkylation sites (tertiary alicyclic amines) is 1. The lowest BCUT2D eigenvalue weighted by atomic mass is 9.81. The number of rotatable bonds is 5. The zero-order valence-electron chi connectivity index (χ0n) is 11.9. The van der Waals surface area contributed by atoms with Crippen molar-refractivity contribution in [2.75, 3.05) is 26.7 Å². The maximum atomic E-state index is 12.2. The average Bonchev–Trinajstić information content (AvgIpc) is 2.90. The predicted octanol–water partition coefficient (Wildman–Crippen LogP) is 1.25. The molecule has 0 atom stereocenters. The van der Waals surface area contributed by atoms with Crippen LogP contribution in [0.3, 0.4) is 0 Å². The fourth-order valence-electron chi connectivity index (χ4n) is 2.27. The van der Waals surface area contributed by atoms with Gasteiger partial charge in [0.25, 0.3) is 0 Å². The second-order valence-electron chi connectivity index (χ2n) is 5.85. The quantitative estimate of drug-likeness (QED) is 0.857. The maximum Gasteiger partial charge on any atom is 0.241 e. The highest BCUT2D eigenvalue weighted by molar-refractivity contribution is 7.89. The van der Waals surface area contributed by atoms with Gasteiger partial charge in [-0.05, 0) is 44.5 Å². The zero-order valence-corrected chi connectivity index (χ0v) is 13.6. The summed E-state index contributed by atoms with van der Waals surface area (Å²) in [4.78, 5) is 3.18. The van der Waals surface area contributed by atoms with Gasteiger partial charge in [-0.3, -0.25) is 0 Å². The third-order valence-electron chi connectivity index (χ3n) is 3.98. The Morgan fingerprint density at radius 3 is 2.65 bits per heavy atom. The molecule has 0 bridgehead atoms. The molecule has 20 heavy (non-hydrogen) atoms. The highest BCUT2D eigenvalue weighted by Crippen LogP contribution is 2.30. The van der Waals surface area contributed by atoms with E-state index in [0.717, 1.165) is 25.9 Å². The number of aliphatic hydroxyl groups is 1. The normalized spacial score (nSPS) is 20.1. The van der Waals surface area contributed by atoms with Crippen molar-refractivity contribution in [2.45, 2.75) is 31.3 Å². The minimum Gasteiger partial charge on any atom is -0.391 e. The molecule has 1 aliphatic rings. The highest BCUT2D eigenvalue weighted by atomic mass is 32.2. The molecule has 114 valence electrons. The van der Waals surface area contributed by atoms with Gasteiger partial charge in [0, 0.05) is 16.8 Å². The number of aliphatic hydroxyl groups excluding tert-OH is 1. The van der Waals surface area contributed by atoms with Crippen LogP contribution >= 0.6 is 11.3 Å². The molecule has 0 aliphatic carbocycles. The summed E-state index contributed by atoms with van der Waals surface area (Å²) < 4.78 is 27.1. The molecule has 0 radical (unpaired) electrons. The molecule has 1 fully saturated rings. The molecule has 5 nitrogen and oxygen atoms in total. The molecule has 0 amide bonds. The van der Waals surface area contributed by atoms with Crippen LogP contribution in [0.4, 0.5) is 0 Å². The number of nitrogens with zero attached hydrogens (tertiary/aromatic N) is 1. The van der Waals surface area contributed by atoms with Gasteiger partial charge in [0.2, 0.25) is 10.0 Å². The summed E-state index contributed by atoms with van der Waals surface area (Å²) >= 11 is 1.26. The topological polar surface area (TPSA) is 69.6 Å².